The fourth-order valence-corrected chi connectivity index (χ4v) is 1.09. The summed E-state index contributed by atoms with van der Waals surface area (Å²) in [6, 6.07) is 3.83. The Hall–Kier alpha value is -0.970. The summed E-state index contributed by atoms with van der Waals surface area (Å²) >= 11 is 0. The lowest BCUT2D eigenvalue weighted by Gasteiger charge is -2.04. The number of nitrogens with zero attached hydrogens (tertiary/aromatic N) is 1. The molecule has 0 amide bonds. The summed E-state index contributed by atoms with van der Waals surface area (Å²) in [6.45, 7) is 1.75. The van der Waals surface area contributed by atoms with Crippen molar-refractivity contribution < 1.29 is 9.84 Å². The van der Waals surface area contributed by atoms with Crippen molar-refractivity contribution in [1.82, 2.24) is 4.98 Å². The van der Waals surface area contributed by atoms with Gasteiger partial charge in [-0.15, -0.1) is 0 Å². The Labute approximate surface area is 83.7 Å². The number of nitrogens with two attached hydrogens (primary N) is 1. The summed E-state index contributed by atoms with van der Waals surface area (Å²) in [6.07, 6.45) is 2.40. The molecule has 0 spiro atoms. The molecular weight excluding hydrogens is 180 g/mol. The Bertz CT molecular complexity index is 266. The average Bonchev–Trinajstić information content (AvgIpc) is 2.25. The molecule has 3 N–H and O–H groups in total. The number of pyridine rings is 1. The number of rotatable bonds is 6. The van der Waals surface area contributed by atoms with Gasteiger partial charge in [0.15, 0.2) is 0 Å². The molecule has 78 valence electrons. The lowest BCUT2D eigenvalue weighted by atomic mass is 10.2. The van der Waals surface area contributed by atoms with Crippen molar-refractivity contribution in [3.8, 4) is 0 Å². The Morgan fingerprint density at radius 1 is 1.50 bits per heavy atom. The highest BCUT2D eigenvalue weighted by Gasteiger charge is 1.95. The van der Waals surface area contributed by atoms with E-state index >= 15 is 0 Å². The van der Waals surface area contributed by atoms with Gasteiger partial charge in [0.25, 0.3) is 0 Å². The Morgan fingerprint density at radius 3 is 3.07 bits per heavy atom. The zero-order valence-electron chi connectivity index (χ0n) is 8.15. The first-order valence-corrected chi connectivity index (χ1v) is 4.69. The van der Waals surface area contributed by atoms with Gasteiger partial charge in [-0.25, -0.2) is 0 Å². The molecule has 0 aliphatic carbocycles. The van der Waals surface area contributed by atoms with Crippen molar-refractivity contribution in [3.63, 3.8) is 0 Å². The lowest BCUT2D eigenvalue weighted by molar-refractivity contribution is 0.104. The number of aliphatic hydroxyl groups is 1. The Balaban J connectivity index is 2.34. The SMILES string of the molecule is NCc1cc(COCCCO)ccn1. The standard InChI is InChI=1S/C10H16N2O2/c11-7-10-6-9(2-3-12-10)8-14-5-1-4-13/h2-3,6,13H,1,4-5,7-8,11H2. The summed E-state index contributed by atoms with van der Waals surface area (Å²) in [5.74, 6) is 0. The molecule has 0 saturated heterocycles. The molecule has 14 heavy (non-hydrogen) atoms. The quantitative estimate of drug-likeness (QED) is 0.648. The minimum absolute atomic E-state index is 0.171. The maximum Gasteiger partial charge on any atom is 0.0718 e. The van der Waals surface area contributed by atoms with Gasteiger partial charge in [0.1, 0.15) is 0 Å². The molecule has 1 aromatic heterocycles. The molecule has 0 fully saturated rings. The minimum atomic E-state index is 0.171. The highest BCUT2D eigenvalue weighted by molar-refractivity contribution is 5.15. The molecule has 0 atom stereocenters. The van der Waals surface area contributed by atoms with E-state index in [9.17, 15) is 0 Å². The van der Waals surface area contributed by atoms with Crippen molar-refractivity contribution >= 4 is 0 Å². The van der Waals surface area contributed by atoms with Crippen LogP contribution in [0.25, 0.3) is 0 Å². The van der Waals surface area contributed by atoms with Crippen molar-refractivity contribution in [2.24, 2.45) is 5.73 Å². The van der Waals surface area contributed by atoms with Crippen LogP contribution in [-0.2, 0) is 17.9 Å². The van der Waals surface area contributed by atoms with E-state index < -0.39 is 0 Å². The van der Waals surface area contributed by atoms with Gasteiger partial charge in [0.05, 0.1) is 12.3 Å². The van der Waals surface area contributed by atoms with Crippen LogP contribution in [0.5, 0.6) is 0 Å². The molecule has 1 rings (SSSR count). The van der Waals surface area contributed by atoms with E-state index in [1.54, 1.807) is 6.20 Å². The van der Waals surface area contributed by atoms with E-state index in [-0.39, 0.29) is 6.61 Å². The number of hydrogen-bond acceptors (Lipinski definition) is 4. The summed E-state index contributed by atoms with van der Waals surface area (Å²) in [5.41, 5.74) is 7.40. The molecule has 1 aromatic rings. The normalized spacial score (nSPS) is 10.4. The van der Waals surface area contributed by atoms with E-state index in [4.69, 9.17) is 15.6 Å². The minimum Gasteiger partial charge on any atom is -0.396 e. The second kappa shape index (κ2) is 6.48. The topological polar surface area (TPSA) is 68.4 Å². The van der Waals surface area contributed by atoms with E-state index in [1.165, 1.54) is 0 Å². The fourth-order valence-electron chi connectivity index (χ4n) is 1.09. The lowest BCUT2D eigenvalue weighted by Crippen LogP contribution is -2.02. The summed E-state index contributed by atoms with van der Waals surface area (Å²) in [5, 5.41) is 8.54. The third-order valence-electron chi connectivity index (χ3n) is 1.81. The molecule has 0 aromatic carbocycles. The maximum atomic E-state index is 8.54. The molecule has 0 aliphatic heterocycles. The summed E-state index contributed by atoms with van der Waals surface area (Å²) in [4.78, 5) is 4.08. The smallest absolute Gasteiger partial charge is 0.0718 e. The largest absolute Gasteiger partial charge is 0.396 e. The zero-order chi connectivity index (χ0) is 10.2. The van der Waals surface area contributed by atoms with Crippen molar-refractivity contribution in [2.45, 2.75) is 19.6 Å². The highest BCUT2D eigenvalue weighted by atomic mass is 16.5. The molecule has 0 saturated carbocycles. The van der Waals surface area contributed by atoms with Crippen LogP contribution in [0, 0.1) is 0 Å². The number of hydrogen-bond donors (Lipinski definition) is 2. The second-order valence-corrected chi connectivity index (χ2v) is 2.99. The van der Waals surface area contributed by atoms with Crippen LogP contribution in [0.1, 0.15) is 17.7 Å². The van der Waals surface area contributed by atoms with Gasteiger partial charge < -0.3 is 15.6 Å². The number of aliphatic hydroxyl groups excluding tert-OH is 1. The van der Waals surface area contributed by atoms with Crippen LogP contribution in [0.3, 0.4) is 0 Å². The van der Waals surface area contributed by atoms with Crippen molar-refractivity contribution in [1.29, 1.82) is 0 Å². The summed E-state index contributed by atoms with van der Waals surface area (Å²) < 4.78 is 5.33. The molecule has 0 radical (unpaired) electrons. The molecule has 0 aliphatic rings. The van der Waals surface area contributed by atoms with Gasteiger partial charge in [-0.2, -0.15) is 0 Å². The first-order chi connectivity index (χ1) is 6.86. The average molecular weight is 196 g/mol. The van der Waals surface area contributed by atoms with Gasteiger partial charge in [-0.1, -0.05) is 0 Å². The Morgan fingerprint density at radius 2 is 2.36 bits per heavy atom. The van der Waals surface area contributed by atoms with Crippen LogP contribution in [0.15, 0.2) is 18.3 Å². The number of aromatic nitrogens is 1. The molecule has 1 heterocycles. The predicted molar refractivity (Wildman–Crippen MR) is 53.5 cm³/mol. The second-order valence-electron chi connectivity index (χ2n) is 2.99. The van der Waals surface area contributed by atoms with Gasteiger partial charge >= 0.3 is 0 Å². The van der Waals surface area contributed by atoms with Crippen LogP contribution in [-0.4, -0.2) is 23.3 Å². The third-order valence-corrected chi connectivity index (χ3v) is 1.81. The van der Waals surface area contributed by atoms with Gasteiger partial charge in [-0.3, -0.25) is 4.98 Å². The van der Waals surface area contributed by atoms with Gasteiger partial charge in [0, 0.05) is 26.0 Å². The van der Waals surface area contributed by atoms with Crippen LogP contribution >= 0.6 is 0 Å². The van der Waals surface area contributed by atoms with Gasteiger partial charge in [0.2, 0.25) is 0 Å². The predicted octanol–water partition coefficient (Wildman–Crippen LogP) is 0.439. The monoisotopic (exact) mass is 196 g/mol. The van der Waals surface area contributed by atoms with Crippen LogP contribution in [0.4, 0.5) is 0 Å². The zero-order valence-corrected chi connectivity index (χ0v) is 8.15. The van der Waals surface area contributed by atoms with E-state index in [1.807, 2.05) is 12.1 Å². The van der Waals surface area contributed by atoms with E-state index in [0.29, 0.717) is 26.2 Å². The molecule has 0 unspecified atom stereocenters. The molecule has 4 heteroatoms. The first-order valence-electron chi connectivity index (χ1n) is 4.69. The Kier molecular flexibility index (Phi) is 5.14. The van der Waals surface area contributed by atoms with Crippen molar-refractivity contribution in [2.75, 3.05) is 13.2 Å². The van der Waals surface area contributed by atoms with E-state index in [0.717, 1.165) is 11.3 Å². The first kappa shape index (κ1) is 11.1. The van der Waals surface area contributed by atoms with Crippen LogP contribution in [0.2, 0.25) is 0 Å². The highest BCUT2D eigenvalue weighted by Crippen LogP contribution is 2.03. The van der Waals surface area contributed by atoms with Crippen molar-refractivity contribution in [3.05, 3.63) is 29.6 Å². The van der Waals surface area contributed by atoms with Crippen LogP contribution < -0.4 is 5.73 Å². The molecule has 0 bridgehead atoms. The summed E-state index contributed by atoms with van der Waals surface area (Å²) in [7, 11) is 0. The molecule has 4 nitrogen and oxygen atoms in total. The fraction of sp³-hybridized carbons (Fsp3) is 0.500. The van der Waals surface area contributed by atoms with Gasteiger partial charge in [-0.05, 0) is 24.1 Å². The maximum absolute atomic E-state index is 8.54. The number of ether oxygens (including phenoxy) is 1. The molecular formula is C10H16N2O2. The third kappa shape index (κ3) is 3.83. The van der Waals surface area contributed by atoms with E-state index in [2.05, 4.69) is 4.98 Å².